The van der Waals surface area contributed by atoms with Crippen molar-refractivity contribution in [2.75, 3.05) is 24.7 Å². The van der Waals surface area contributed by atoms with Crippen molar-refractivity contribution in [2.45, 2.75) is 136 Å². The van der Waals surface area contributed by atoms with E-state index in [2.05, 4.69) is 13.8 Å². The van der Waals surface area contributed by atoms with Gasteiger partial charge >= 0.3 is 0 Å². The van der Waals surface area contributed by atoms with Gasteiger partial charge in [0.2, 0.25) is 0 Å². The number of ether oxygens (including phenoxy) is 1. The lowest BCUT2D eigenvalue weighted by Gasteiger charge is -2.11. The van der Waals surface area contributed by atoms with Crippen LogP contribution in [0.3, 0.4) is 0 Å². The van der Waals surface area contributed by atoms with Gasteiger partial charge in [-0.15, -0.1) is 0 Å². The normalized spacial score (nSPS) is 12.5. The number of rotatable bonds is 24. The van der Waals surface area contributed by atoms with Crippen LogP contribution in [-0.2, 0) is 4.74 Å². The third kappa shape index (κ3) is 24.3. The monoisotopic (exact) mass is 416 g/mol. The summed E-state index contributed by atoms with van der Waals surface area (Å²) in [6.07, 6.45) is 24.3. The van der Waals surface area contributed by atoms with Crippen molar-refractivity contribution in [3.05, 3.63) is 0 Å². The molecule has 0 saturated heterocycles. The molecule has 0 aliphatic rings. The summed E-state index contributed by atoms with van der Waals surface area (Å²) in [5.74, 6) is 2.01. The first kappa shape index (κ1) is 28.3. The minimum Gasteiger partial charge on any atom is -0.390 e. The van der Waals surface area contributed by atoms with Crippen LogP contribution in [0.1, 0.15) is 129 Å². The van der Waals surface area contributed by atoms with Gasteiger partial charge in [0.1, 0.15) is 0 Å². The molecule has 1 unspecified atom stereocenters. The third-order valence-electron chi connectivity index (χ3n) is 5.40. The van der Waals surface area contributed by atoms with Crippen LogP contribution in [-0.4, -0.2) is 35.9 Å². The van der Waals surface area contributed by atoms with Crippen molar-refractivity contribution in [1.82, 2.24) is 0 Å². The topological polar surface area (TPSA) is 29.5 Å². The molecule has 0 amide bonds. The van der Waals surface area contributed by atoms with Crippen molar-refractivity contribution in [3.8, 4) is 0 Å². The summed E-state index contributed by atoms with van der Waals surface area (Å²) in [6.45, 7) is 5.88. The summed E-state index contributed by atoms with van der Waals surface area (Å²) in [4.78, 5) is 0. The summed E-state index contributed by atoms with van der Waals surface area (Å²) >= 11 is 1.89. The molecule has 0 heterocycles. The second-order valence-corrected chi connectivity index (χ2v) is 9.61. The first-order valence-corrected chi connectivity index (χ1v) is 13.8. The van der Waals surface area contributed by atoms with E-state index < -0.39 is 0 Å². The lowest BCUT2D eigenvalue weighted by molar-refractivity contribution is 0.0467. The molecular weight excluding hydrogens is 364 g/mol. The van der Waals surface area contributed by atoms with Crippen molar-refractivity contribution in [1.29, 1.82) is 0 Å². The van der Waals surface area contributed by atoms with Crippen LogP contribution >= 0.6 is 11.8 Å². The second-order valence-electron chi connectivity index (χ2n) is 8.46. The molecule has 0 aromatic heterocycles. The highest BCUT2D eigenvalue weighted by Crippen LogP contribution is 2.13. The first-order chi connectivity index (χ1) is 13.8. The molecule has 2 nitrogen and oxygen atoms in total. The van der Waals surface area contributed by atoms with Gasteiger partial charge in [-0.1, -0.05) is 117 Å². The average Bonchev–Trinajstić information content (AvgIpc) is 2.70. The largest absolute Gasteiger partial charge is 0.390 e. The zero-order chi connectivity index (χ0) is 20.5. The van der Waals surface area contributed by atoms with Gasteiger partial charge in [0.25, 0.3) is 0 Å². The van der Waals surface area contributed by atoms with Crippen molar-refractivity contribution in [3.63, 3.8) is 0 Å². The Morgan fingerprint density at radius 3 is 1.54 bits per heavy atom. The van der Waals surface area contributed by atoms with Gasteiger partial charge < -0.3 is 9.84 Å². The molecule has 0 spiro atoms. The Morgan fingerprint density at radius 2 is 1.04 bits per heavy atom. The van der Waals surface area contributed by atoms with Gasteiger partial charge in [0, 0.05) is 12.4 Å². The second kappa shape index (κ2) is 25.3. The van der Waals surface area contributed by atoms with Crippen LogP contribution < -0.4 is 0 Å². The molecule has 0 aromatic rings. The highest BCUT2D eigenvalue weighted by molar-refractivity contribution is 7.99. The molecule has 3 heteroatoms. The summed E-state index contributed by atoms with van der Waals surface area (Å²) in [5.41, 5.74) is 0. The summed E-state index contributed by atoms with van der Waals surface area (Å²) < 4.78 is 5.63. The Labute approximate surface area is 182 Å². The Kier molecular flexibility index (Phi) is 25.6. The maximum absolute atomic E-state index is 9.99. The van der Waals surface area contributed by atoms with Crippen LogP contribution in [0, 0.1) is 0 Å². The highest BCUT2D eigenvalue weighted by Gasteiger charge is 2.04. The maximum atomic E-state index is 9.99. The van der Waals surface area contributed by atoms with Gasteiger partial charge in [0.05, 0.1) is 12.7 Å². The Bertz CT molecular complexity index is 273. The molecule has 0 aromatic carbocycles. The van der Waals surface area contributed by atoms with Crippen molar-refractivity contribution in [2.24, 2.45) is 0 Å². The van der Waals surface area contributed by atoms with Crippen LogP contribution in [0.15, 0.2) is 0 Å². The van der Waals surface area contributed by atoms with E-state index in [0.717, 1.165) is 18.8 Å². The van der Waals surface area contributed by atoms with Crippen LogP contribution in [0.4, 0.5) is 0 Å². The number of aliphatic hydroxyl groups is 1. The fraction of sp³-hybridized carbons (Fsp3) is 1.00. The maximum Gasteiger partial charge on any atom is 0.0863 e. The van der Waals surface area contributed by atoms with Gasteiger partial charge in [0.15, 0.2) is 0 Å². The quantitative estimate of drug-likeness (QED) is 0.161. The molecule has 170 valence electrons. The van der Waals surface area contributed by atoms with E-state index in [1.807, 2.05) is 11.8 Å². The van der Waals surface area contributed by atoms with E-state index >= 15 is 0 Å². The van der Waals surface area contributed by atoms with E-state index in [0.29, 0.717) is 6.61 Å². The molecule has 28 heavy (non-hydrogen) atoms. The van der Waals surface area contributed by atoms with E-state index in [4.69, 9.17) is 4.74 Å². The summed E-state index contributed by atoms with van der Waals surface area (Å²) in [6, 6.07) is 0. The Morgan fingerprint density at radius 1 is 0.607 bits per heavy atom. The molecule has 0 rings (SSSR count). The standard InChI is InChI=1S/C25H52O2S/c1-3-5-7-9-11-13-14-16-18-20-22-28-24-25(26)23-27-21-19-17-15-12-10-8-6-4-2/h25-26H,3-24H2,1-2H3. The smallest absolute Gasteiger partial charge is 0.0863 e. The molecule has 0 aliphatic heterocycles. The zero-order valence-electron chi connectivity index (χ0n) is 19.4. The minimum atomic E-state index is -0.290. The predicted molar refractivity (Wildman–Crippen MR) is 129 cm³/mol. The van der Waals surface area contributed by atoms with Crippen LogP contribution in [0.25, 0.3) is 0 Å². The SMILES string of the molecule is CCCCCCCCCCCCSCC(O)COCCCCCCCCCC. The molecule has 0 saturated carbocycles. The highest BCUT2D eigenvalue weighted by atomic mass is 32.2. The third-order valence-corrected chi connectivity index (χ3v) is 6.60. The molecule has 0 radical (unpaired) electrons. The Hall–Kier alpha value is 0.270. The van der Waals surface area contributed by atoms with E-state index in [9.17, 15) is 5.11 Å². The fourth-order valence-corrected chi connectivity index (χ4v) is 4.46. The van der Waals surface area contributed by atoms with Crippen LogP contribution in [0.5, 0.6) is 0 Å². The molecule has 0 fully saturated rings. The lowest BCUT2D eigenvalue weighted by Crippen LogP contribution is -2.18. The molecule has 0 aliphatic carbocycles. The number of hydrogen-bond donors (Lipinski definition) is 1. The predicted octanol–water partition coefficient (Wildman–Crippen LogP) is 8.16. The molecular formula is C25H52O2S. The van der Waals surface area contributed by atoms with Gasteiger partial charge in [-0.3, -0.25) is 0 Å². The van der Waals surface area contributed by atoms with E-state index in [1.165, 1.54) is 115 Å². The van der Waals surface area contributed by atoms with Crippen LogP contribution in [0.2, 0.25) is 0 Å². The number of aliphatic hydroxyl groups excluding tert-OH is 1. The number of thioether (sulfide) groups is 1. The average molecular weight is 417 g/mol. The number of hydrogen-bond acceptors (Lipinski definition) is 3. The summed E-state index contributed by atoms with van der Waals surface area (Å²) in [7, 11) is 0. The van der Waals surface area contributed by atoms with E-state index in [1.54, 1.807) is 0 Å². The first-order valence-electron chi connectivity index (χ1n) is 12.6. The fourth-order valence-electron chi connectivity index (χ4n) is 3.52. The zero-order valence-corrected chi connectivity index (χ0v) is 20.2. The lowest BCUT2D eigenvalue weighted by atomic mass is 10.1. The molecule has 1 N–H and O–H groups in total. The van der Waals surface area contributed by atoms with E-state index in [-0.39, 0.29) is 6.10 Å². The van der Waals surface area contributed by atoms with Gasteiger partial charge in [-0.2, -0.15) is 11.8 Å². The molecule has 0 bridgehead atoms. The van der Waals surface area contributed by atoms with Crippen molar-refractivity contribution >= 4 is 11.8 Å². The molecule has 1 atom stereocenters. The van der Waals surface area contributed by atoms with Gasteiger partial charge in [-0.25, -0.2) is 0 Å². The minimum absolute atomic E-state index is 0.290. The Balaban J connectivity index is 3.12. The van der Waals surface area contributed by atoms with Crippen molar-refractivity contribution < 1.29 is 9.84 Å². The summed E-state index contributed by atoms with van der Waals surface area (Å²) in [5, 5.41) is 9.99. The number of unbranched alkanes of at least 4 members (excludes halogenated alkanes) is 16. The van der Waals surface area contributed by atoms with Gasteiger partial charge in [-0.05, 0) is 18.6 Å².